The first-order valence-electron chi connectivity index (χ1n) is 5.10. The van der Waals surface area contributed by atoms with E-state index in [4.69, 9.17) is 0 Å². The van der Waals surface area contributed by atoms with E-state index < -0.39 is 0 Å². The van der Waals surface area contributed by atoms with Gasteiger partial charge < -0.3 is 4.90 Å². The number of benzene rings is 1. The summed E-state index contributed by atoms with van der Waals surface area (Å²) >= 11 is 0. The topological polar surface area (TPSA) is 20.3 Å². The second kappa shape index (κ2) is 3.45. The lowest BCUT2D eigenvalue weighted by Gasteiger charge is -2.26. The zero-order valence-corrected chi connectivity index (χ0v) is 8.71. The number of amides is 1. The maximum atomic E-state index is 11.4. The van der Waals surface area contributed by atoms with Crippen LogP contribution in [0.25, 0.3) is 0 Å². The molecule has 0 atom stereocenters. The van der Waals surface area contributed by atoms with Crippen molar-refractivity contribution in [3.8, 4) is 0 Å². The fourth-order valence-electron chi connectivity index (χ4n) is 1.93. The lowest BCUT2D eigenvalue weighted by atomic mass is 9.98. The fourth-order valence-corrected chi connectivity index (χ4v) is 1.93. The van der Waals surface area contributed by atoms with Crippen molar-refractivity contribution in [2.45, 2.75) is 26.2 Å². The van der Waals surface area contributed by atoms with Crippen LogP contribution in [0.15, 0.2) is 18.2 Å². The molecule has 0 aliphatic carbocycles. The molecule has 2 nitrogen and oxygen atoms in total. The van der Waals surface area contributed by atoms with Gasteiger partial charge in [-0.2, -0.15) is 0 Å². The Morgan fingerprint density at radius 1 is 1.36 bits per heavy atom. The van der Waals surface area contributed by atoms with E-state index in [9.17, 15) is 4.79 Å². The van der Waals surface area contributed by atoms with Gasteiger partial charge in [0.05, 0.1) is 0 Å². The molecule has 2 heteroatoms. The van der Waals surface area contributed by atoms with Gasteiger partial charge >= 0.3 is 0 Å². The first kappa shape index (κ1) is 9.25. The average Bonchev–Trinajstić information content (AvgIpc) is 2.23. The van der Waals surface area contributed by atoms with Crippen LogP contribution in [0, 0.1) is 0 Å². The molecule has 1 amide bonds. The highest BCUT2D eigenvalue weighted by molar-refractivity contribution is 5.95. The maximum Gasteiger partial charge on any atom is 0.227 e. The molecule has 0 N–H and O–H groups in total. The molecule has 0 saturated heterocycles. The monoisotopic (exact) mass is 189 g/mol. The van der Waals surface area contributed by atoms with Crippen molar-refractivity contribution in [3.05, 3.63) is 29.3 Å². The lowest BCUT2D eigenvalue weighted by Crippen LogP contribution is -2.31. The fraction of sp³-hybridized carbons (Fsp3) is 0.417. The predicted molar refractivity (Wildman–Crippen MR) is 57.6 cm³/mol. The van der Waals surface area contributed by atoms with E-state index in [1.165, 1.54) is 11.1 Å². The standard InChI is InChI=1S/C12H15NO/c1-3-9-4-6-11-10(8-9)5-7-12(14)13(11)2/h4,6,8H,3,5,7H2,1-2H3. The number of fused-ring (bicyclic) bond motifs is 1. The van der Waals surface area contributed by atoms with Crippen LogP contribution >= 0.6 is 0 Å². The summed E-state index contributed by atoms with van der Waals surface area (Å²) in [7, 11) is 1.85. The first-order chi connectivity index (χ1) is 6.72. The molecule has 0 radical (unpaired) electrons. The third-order valence-corrected chi connectivity index (χ3v) is 2.90. The minimum Gasteiger partial charge on any atom is -0.315 e. The number of carbonyl (C=O) groups excluding carboxylic acids is 1. The first-order valence-corrected chi connectivity index (χ1v) is 5.10. The maximum absolute atomic E-state index is 11.4. The molecule has 1 aliphatic rings. The van der Waals surface area contributed by atoms with Gasteiger partial charge in [0.1, 0.15) is 0 Å². The van der Waals surface area contributed by atoms with Crippen molar-refractivity contribution in [1.82, 2.24) is 0 Å². The molecule has 1 aromatic rings. The summed E-state index contributed by atoms with van der Waals surface area (Å²) in [4.78, 5) is 13.2. The number of aryl methyl sites for hydroxylation is 2. The van der Waals surface area contributed by atoms with Crippen molar-refractivity contribution in [3.63, 3.8) is 0 Å². The average molecular weight is 189 g/mol. The van der Waals surface area contributed by atoms with Crippen molar-refractivity contribution in [2.75, 3.05) is 11.9 Å². The highest BCUT2D eigenvalue weighted by atomic mass is 16.2. The summed E-state index contributed by atoms with van der Waals surface area (Å²) in [5.41, 5.74) is 3.75. The summed E-state index contributed by atoms with van der Waals surface area (Å²) in [5.74, 6) is 0.224. The van der Waals surface area contributed by atoms with Crippen molar-refractivity contribution in [2.24, 2.45) is 0 Å². The zero-order chi connectivity index (χ0) is 10.1. The van der Waals surface area contributed by atoms with Gasteiger partial charge in [-0.15, -0.1) is 0 Å². The lowest BCUT2D eigenvalue weighted by molar-refractivity contribution is -0.118. The Kier molecular flexibility index (Phi) is 2.28. The normalized spacial score (nSPS) is 15.6. The van der Waals surface area contributed by atoms with Crippen molar-refractivity contribution in [1.29, 1.82) is 0 Å². The molecule has 74 valence electrons. The highest BCUT2D eigenvalue weighted by Crippen LogP contribution is 2.27. The zero-order valence-electron chi connectivity index (χ0n) is 8.71. The third-order valence-electron chi connectivity index (χ3n) is 2.90. The van der Waals surface area contributed by atoms with E-state index in [0.29, 0.717) is 6.42 Å². The molecule has 0 saturated carbocycles. The summed E-state index contributed by atoms with van der Waals surface area (Å²) < 4.78 is 0. The van der Waals surface area contributed by atoms with Gasteiger partial charge in [0, 0.05) is 19.2 Å². The number of nitrogens with zero attached hydrogens (tertiary/aromatic N) is 1. The van der Waals surface area contributed by atoms with E-state index in [-0.39, 0.29) is 5.91 Å². The summed E-state index contributed by atoms with van der Waals surface area (Å²) in [6.07, 6.45) is 2.61. The summed E-state index contributed by atoms with van der Waals surface area (Å²) in [6, 6.07) is 6.39. The molecule has 0 bridgehead atoms. The second-order valence-corrected chi connectivity index (χ2v) is 3.77. The number of hydrogen-bond acceptors (Lipinski definition) is 1. The van der Waals surface area contributed by atoms with Crippen LogP contribution in [0.4, 0.5) is 5.69 Å². The molecule has 0 fully saturated rings. The Morgan fingerprint density at radius 2 is 2.14 bits per heavy atom. The molecule has 0 unspecified atom stereocenters. The molecule has 0 spiro atoms. The van der Waals surface area contributed by atoms with Crippen LogP contribution in [-0.4, -0.2) is 13.0 Å². The Labute approximate surface area is 84.5 Å². The SMILES string of the molecule is CCc1ccc2c(c1)CCC(=O)N2C. The molecule has 1 heterocycles. The van der Waals surface area contributed by atoms with E-state index in [0.717, 1.165) is 18.5 Å². The van der Waals surface area contributed by atoms with Crippen LogP contribution < -0.4 is 4.90 Å². The molecule has 0 aromatic heterocycles. The highest BCUT2D eigenvalue weighted by Gasteiger charge is 2.20. The van der Waals surface area contributed by atoms with Crippen LogP contribution in [0.5, 0.6) is 0 Å². The van der Waals surface area contributed by atoms with Crippen LogP contribution in [0.1, 0.15) is 24.5 Å². The van der Waals surface area contributed by atoms with Crippen LogP contribution in [0.2, 0.25) is 0 Å². The Morgan fingerprint density at radius 3 is 2.86 bits per heavy atom. The number of rotatable bonds is 1. The Hall–Kier alpha value is -1.31. The van der Waals surface area contributed by atoms with Gasteiger partial charge in [0.2, 0.25) is 5.91 Å². The minimum atomic E-state index is 0.224. The van der Waals surface area contributed by atoms with Gasteiger partial charge in [-0.05, 0) is 30.0 Å². The largest absolute Gasteiger partial charge is 0.315 e. The Bertz CT molecular complexity index is 371. The minimum absolute atomic E-state index is 0.224. The van der Waals surface area contributed by atoms with E-state index in [2.05, 4.69) is 25.1 Å². The quantitative estimate of drug-likeness (QED) is 0.663. The van der Waals surface area contributed by atoms with Gasteiger partial charge in [-0.3, -0.25) is 4.79 Å². The molecule has 1 aromatic carbocycles. The van der Waals surface area contributed by atoms with E-state index >= 15 is 0 Å². The number of anilines is 1. The van der Waals surface area contributed by atoms with Gasteiger partial charge in [-0.25, -0.2) is 0 Å². The van der Waals surface area contributed by atoms with Crippen LogP contribution in [0.3, 0.4) is 0 Å². The van der Waals surface area contributed by atoms with Gasteiger partial charge in [0.15, 0.2) is 0 Å². The Balaban J connectivity index is 2.43. The van der Waals surface area contributed by atoms with E-state index in [1.54, 1.807) is 4.90 Å². The number of carbonyl (C=O) groups is 1. The predicted octanol–water partition coefficient (Wildman–Crippen LogP) is 2.16. The molecule has 14 heavy (non-hydrogen) atoms. The van der Waals surface area contributed by atoms with E-state index in [1.807, 2.05) is 7.05 Å². The van der Waals surface area contributed by atoms with Gasteiger partial charge in [0.25, 0.3) is 0 Å². The second-order valence-electron chi connectivity index (χ2n) is 3.77. The molecule has 1 aliphatic heterocycles. The van der Waals surface area contributed by atoms with Crippen LogP contribution in [-0.2, 0) is 17.6 Å². The number of hydrogen-bond donors (Lipinski definition) is 0. The molecular formula is C12H15NO. The molecular weight excluding hydrogens is 174 g/mol. The molecule has 2 rings (SSSR count). The smallest absolute Gasteiger partial charge is 0.227 e. The van der Waals surface area contributed by atoms with Gasteiger partial charge in [-0.1, -0.05) is 19.1 Å². The van der Waals surface area contributed by atoms with Crippen molar-refractivity contribution >= 4 is 11.6 Å². The third kappa shape index (κ3) is 1.41. The van der Waals surface area contributed by atoms with Crippen molar-refractivity contribution < 1.29 is 4.79 Å². The summed E-state index contributed by atoms with van der Waals surface area (Å²) in [6.45, 7) is 2.15. The summed E-state index contributed by atoms with van der Waals surface area (Å²) in [5, 5.41) is 0.